The first-order valence-electron chi connectivity index (χ1n) is 6.62. The SMILES string of the molecule is Cc1c(C(=O)NCCCCC(C)C)csc1S(N)(=O)=O. The van der Waals surface area contributed by atoms with Gasteiger partial charge in [-0.1, -0.05) is 26.7 Å². The van der Waals surface area contributed by atoms with Crippen LogP contribution in [0.3, 0.4) is 0 Å². The van der Waals surface area contributed by atoms with E-state index in [2.05, 4.69) is 19.2 Å². The molecule has 7 heteroatoms. The number of amides is 1. The van der Waals surface area contributed by atoms with Crippen molar-refractivity contribution >= 4 is 27.3 Å². The van der Waals surface area contributed by atoms with Gasteiger partial charge in [-0.05, 0) is 24.8 Å². The number of carbonyl (C=O) groups is 1. The lowest BCUT2D eigenvalue weighted by Crippen LogP contribution is -2.25. The molecule has 0 saturated heterocycles. The Labute approximate surface area is 124 Å². The maximum absolute atomic E-state index is 12.0. The van der Waals surface area contributed by atoms with Gasteiger partial charge in [0, 0.05) is 11.9 Å². The Kier molecular flexibility index (Phi) is 6.16. The number of nitrogens with one attached hydrogen (secondary N) is 1. The zero-order valence-electron chi connectivity index (χ0n) is 12.1. The summed E-state index contributed by atoms with van der Waals surface area (Å²) in [6, 6.07) is 0. The van der Waals surface area contributed by atoms with Gasteiger partial charge in [-0.3, -0.25) is 4.79 Å². The molecule has 5 nitrogen and oxygen atoms in total. The van der Waals surface area contributed by atoms with Gasteiger partial charge in [-0.2, -0.15) is 0 Å². The Morgan fingerprint density at radius 1 is 1.40 bits per heavy atom. The number of primary sulfonamides is 1. The average molecular weight is 318 g/mol. The monoisotopic (exact) mass is 318 g/mol. The van der Waals surface area contributed by atoms with Gasteiger partial charge in [0.2, 0.25) is 10.0 Å². The van der Waals surface area contributed by atoms with Gasteiger partial charge in [0.25, 0.3) is 5.91 Å². The summed E-state index contributed by atoms with van der Waals surface area (Å²) in [4.78, 5) is 12.0. The Morgan fingerprint density at radius 3 is 2.55 bits per heavy atom. The highest BCUT2D eigenvalue weighted by Gasteiger charge is 2.20. The van der Waals surface area contributed by atoms with Crippen molar-refractivity contribution in [1.82, 2.24) is 5.32 Å². The van der Waals surface area contributed by atoms with Crippen molar-refractivity contribution in [3.05, 3.63) is 16.5 Å². The molecule has 0 saturated carbocycles. The van der Waals surface area contributed by atoms with Crippen LogP contribution in [0.4, 0.5) is 0 Å². The summed E-state index contributed by atoms with van der Waals surface area (Å²) >= 11 is 0.985. The first kappa shape index (κ1) is 17.1. The predicted octanol–water partition coefficient (Wildman–Crippen LogP) is 2.26. The fourth-order valence-electron chi connectivity index (χ4n) is 1.88. The Balaban J connectivity index is 2.55. The fourth-order valence-corrected chi connectivity index (χ4v) is 3.89. The number of hydrogen-bond donors (Lipinski definition) is 2. The second-order valence-corrected chi connectivity index (χ2v) is 7.89. The number of sulfonamides is 1. The topological polar surface area (TPSA) is 89.3 Å². The van der Waals surface area contributed by atoms with Crippen LogP contribution in [0.5, 0.6) is 0 Å². The van der Waals surface area contributed by atoms with Crippen LogP contribution in [0.15, 0.2) is 9.59 Å². The maximum Gasteiger partial charge on any atom is 0.252 e. The molecule has 3 N–H and O–H groups in total. The van der Waals surface area contributed by atoms with E-state index in [1.165, 1.54) is 0 Å². The van der Waals surface area contributed by atoms with Gasteiger partial charge in [0.05, 0.1) is 5.56 Å². The zero-order valence-corrected chi connectivity index (χ0v) is 13.7. The molecule has 1 aromatic rings. The van der Waals surface area contributed by atoms with E-state index in [9.17, 15) is 13.2 Å². The molecule has 114 valence electrons. The summed E-state index contributed by atoms with van der Waals surface area (Å²) in [5.74, 6) is 0.431. The van der Waals surface area contributed by atoms with E-state index in [1.54, 1.807) is 12.3 Å². The van der Waals surface area contributed by atoms with Gasteiger partial charge in [-0.15, -0.1) is 11.3 Å². The molecule has 0 radical (unpaired) electrons. The van der Waals surface area contributed by atoms with Crippen molar-refractivity contribution in [3.8, 4) is 0 Å². The molecule has 1 amide bonds. The molecule has 1 aromatic heterocycles. The predicted molar refractivity (Wildman–Crippen MR) is 81.5 cm³/mol. The molecular formula is C13H22N2O3S2. The number of carbonyl (C=O) groups excluding carboxylic acids is 1. The molecule has 0 aliphatic carbocycles. The van der Waals surface area contributed by atoms with Crippen LogP contribution in [0.2, 0.25) is 0 Å². The van der Waals surface area contributed by atoms with E-state index < -0.39 is 10.0 Å². The second-order valence-electron chi connectivity index (χ2n) is 5.25. The first-order chi connectivity index (χ1) is 9.23. The Morgan fingerprint density at radius 2 is 2.05 bits per heavy atom. The number of nitrogens with two attached hydrogens (primary N) is 1. The van der Waals surface area contributed by atoms with Crippen LogP contribution >= 0.6 is 11.3 Å². The van der Waals surface area contributed by atoms with E-state index in [0.717, 1.165) is 30.6 Å². The molecule has 1 heterocycles. The van der Waals surface area contributed by atoms with E-state index in [1.807, 2.05) is 0 Å². The third-order valence-electron chi connectivity index (χ3n) is 2.99. The van der Waals surface area contributed by atoms with Crippen molar-refractivity contribution < 1.29 is 13.2 Å². The summed E-state index contributed by atoms with van der Waals surface area (Å²) in [6.45, 7) is 6.54. The van der Waals surface area contributed by atoms with Crippen LogP contribution in [-0.2, 0) is 10.0 Å². The number of thiophene rings is 1. The summed E-state index contributed by atoms with van der Waals surface area (Å²) in [5, 5.41) is 9.44. The van der Waals surface area contributed by atoms with E-state index in [0.29, 0.717) is 23.6 Å². The van der Waals surface area contributed by atoms with Crippen molar-refractivity contribution in [2.24, 2.45) is 11.1 Å². The molecule has 1 rings (SSSR count). The molecule has 0 aromatic carbocycles. The van der Waals surface area contributed by atoms with Gasteiger partial charge in [0.15, 0.2) is 0 Å². The minimum absolute atomic E-state index is 0.0578. The highest BCUT2D eigenvalue weighted by Crippen LogP contribution is 2.25. The van der Waals surface area contributed by atoms with Crippen molar-refractivity contribution in [2.75, 3.05) is 6.54 Å². The fraction of sp³-hybridized carbons (Fsp3) is 0.615. The van der Waals surface area contributed by atoms with Gasteiger partial charge in [0.1, 0.15) is 4.21 Å². The highest BCUT2D eigenvalue weighted by molar-refractivity contribution is 7.91. The molecule has 0 bridgehead atoms. The van der Waals surface area contributed by atoms with Crippen LogP contribution in [0.1, 0.15) is 49.0 Å². The summed E-state index contributed by atoms with van der Waals surface area (Å²) < 4.78 is 22.7. The van der Waals surface area contributed by atoms with Crippen molar-refractivity contribution in [2.45, 2.75) is 44.2 Å². The molecule has 20 heavy (non-hydrogen) atoms. The summed E-state index contributed by atoms with van der Waals surface area (Å²) in [7, 11) is -3.75. The normalized spacial score (nSPS) is 11.8. The smallest absolute Gasteiger partial charge is 0.252 e. The number of rotatable bonds is 7. The lowest BCUT2D eigenvalue weighted by molar-refractivity contribution is 0.0952. The lowest BCUT2D eigenvalue weighted by atomic mass is 10.1. The summed E-state index contributed by atoms with van der Waals surface area (Å²) in [6.07, 6.45) is 3.14. The first-order valence-corrected chi connectivity index (χ1v) is 9.05. The second kappa shape index (κ2) is 7.19. The van der Waals surface area contributed by atoms with E-state index in [4.69, 9.17) is 5.14 Å². The van der Waals surface area contributed by atoms with E-state index >= 15 is 0 Å². The quantitative estimate of drug-likeness (QED) is 0.756. The molecule has 0 aliphatic heterocycles. The average Bonchev–Trinajstić information content (AvgIpc) is 2.69. The van der Waals surface area contributed by atoms with Crippen LogP contribution in [0, 0.1) is 12.8 Å². The minimum atomic E-state index is -3.75. The van der Waals surface area contributed by atoms with Gasteiger partial charge >= 0.3 is 0 Å². The zero-order chi connectivity index (χ0) is 15.3. The number of hydrogen-bond acceptors (Lipinski definition) is 4. The highest BCUT2D eigenvalue weighted by atomic mass is 32.2. The van der Waals surface area contributed by atoms with Crippen LogP contribution in [-0.4, -0.2) is 20.9 Å². The van der Waals surface area contributed by atoms with Gasteiger partial charge < -0.3 is 5.32 Å². The molecule has 0 spiro atoms. The number of unbranched alkanes of at least 4 members (excludes halogenated alkanes) is 1. The van der Waals surface area contributed by atoms with Crippen molar-refractivity contribution in [1.29, 1.82) is 0 Å². The molecule has 0 atom stereocenters. The molecule has 0 aliphatic rings. The lowest BCUT2D eigenvalue weighted by Gasteiger charge is -2.06. The van der Waals surface area contributed by atoms with Crippen LogP contribution < -0.4 is 10.5 Å². The van der Waals surface area contributed by atoms with E-state index in [-0.39, 0.29) is 10.1 Å². The molecular weight excluding hydrogens is 296 g/mol. The summed E-state index contributed by atoms with van der Waals surface area (Å²) in [5.41, 5.74) is 0.820. The Bertz CT molecular complexity index is 562. The van der Waals surface area contributed by atoms with Crippen molar-refractivity contribution in [3.63, 3.8) is 0 Å². The third-order valence-corrected chi connectivity index (χ3v) is 5.67. The third kappa shape index (κ3) is 4.88. The van der Waals surface area contributed by atoms with Crippen LogP contribution in [0.25, 0.3) is 0 Å². The van der Waals surface area contributed by atoms with Gasteiger partial charge in [-0.25, -0.2) is 13.6 Å². The minimum Gasteiger partial charge on any atom is -0.352 e. The largest absolute Gasteiger partial charge is 0.352 e. The Hall–Kier alpha value is -0.920. The molecule has 0 fully saturated rings. The molecule has 0 unspecified atom stereocenters. The maximum atomic E-state index is 12.0. The standard InChI is InChI=1S/C13H22N2O3S2/c1-9(2)6-4-5-7-15-12(16)11-8-19-13(10(11)3)20(14,17)18/h8-9H,4-7H2,1-3H3,(H,15,16)(H2,14,17,18).